The van der Waals surface area contributed by atoms with E-state index in [4.69, 9.17) is 0 Å². The second kappa shape index (κ2) is 7.35. The fraction of sp³-hybridized carbons (Fsp3) is 0.273. The van der Waals surface area contributed by atoms with E-state index in [0.717, 1.165) is 31.5 Å². The van der Waals surface area contributed by atoms with Gasteiger partial charge in [-0.2, -0.15) is 0 Å². The van der Waals surface area contributed by atoms with E-state index in [9.17, 15) is 9.50 Å². The predicted molar refractivity (Wildman–Crippen MR) is 104 cm³/mol. The van der Waals surface area contributed by atoms with Gasteiger partial charge in [0.25, 0.3) is 0 Å². The zero-order chi connectivity index (χ0) is 18.8. The number of aromatic nitrogens is 2. The first kappa shape index (κ1) is 17.5. The van der Waals surface area contributed by atoms with E-state index in [-0.39, 0.29) is 5.82 Å². The van der Waals surface area contributed by atoms with Crippen molar-refractivity contribution in [1.82, 2.24) is 9.97 Å². The van der Waals surface area contributed by atoms with E-state index in [1.807, 2.05) is 25.1 Å². The van der Waals surface area contributed by atoms with Crippen LogP contribution in [0.15, 0.2) is 54.7 Å². The van der Waals surface area contributed by atoms with Gasteiger partial charge in [-0.15, -0.1) is 0 Å². The normalized spacial score (nSPS) is 15.1. The van der Waals surface area contributed by atoms with Gasteiger partial charge in [0.1, 0.15) is 11.6 Å². The highest BCUT2D eigenvalue weighted by Crippen LogP contribution is 2.31. The average molecular weight is 363 g/mol. The maximum Gasteiger partial charge on any atom is 0.225 e. The highest BCUT2D eigenvalue weighted by Gasteiger charge is 2.23. The van der Waals surface area contributed by atoms with Crippen LogP contribution in [0, 0.1) is 12.7 Å². The number of aromatic hydroxyl groups is 1. The van der Waals surface area contributed by atoms with Crippen LogP contribution in [0.4, 0.5) is 10.3 Å². The predicted octanol–water partition coefficient (Wildman–Crippen LogP) is 4.68. The number of benzene rings is 2. The summed E-state index contributed by atoms with van der Waals surface area (Å²) in [6, 6.07) is 14.2. The van der Waals surface area contributed by atoms with Crippen LogP contribution in [0.2, 0.25) is 0 Å². The van der Waals surface area contributed by atoms with Crippen molar-refractivity contribution in [2.75, 3.05) is 18.0 Å². The number of nitrogens with zero attached hydrogens (tertiary/aromatic N) is 3. The Labute approximate surface area is 158 Å². The van der Waals surface area contributed by atoms with Gasteiger partial charge in [-0.3, -0.25) is 0 Å². The summed E-state index contributed by atoms with van der Waals surface area (Å²) in [4.78, 5) is 11.3. The highest BCUT2D eigenvalue weighted by molar-refractivity contribution is 5.64. The van der Waals surface area contributed by atoms with E-state index in [2.05, 4.69) is 14.9 Å². The average Bonchev–Trinajstić information content (AvgIpc) is 2.70. The lowest BCUT2D eigenvalue weighted by Crippen LogP contribution is -2.34. The molecule has 5 heteroatoms. The van der Waals surface area contributed by atoms with Crippen molar-refractivity contribution in [2.24, 2.45) is 0 Å². The second-order valence-corrected chi connectivity index (χ2v) is 7.03. The van der Waals surface area contributed by atoms with Crippen LogP contribution in [-0.4, -0.2) is 28.2 Å². The lowest BCUT2D eigenvalue weighted by molar-refractivity contribution is 0.472. The van der Waals surface area contributed by atoms with Gasteiger partial charge in [-0.1, -0.05) is 24.3 Å². The summed E-state index contributed by atoms with van der Waals surface area (Å²) < 4.78 is 14.2. The maximum atomic E-state index is 14.2. The molecule has 2 aromatic carbocycles. The Morgan fingerprint density at radius 3 is 2.44 bits per heavy atom. The fourth-order valence-electron chi connectivity index (χ4n) is 3.67. The van der Waals surface area contributed by atoms with Crippen molar-refractivity contribution >= 4 is 5.95 Å². The van der Waals surface area contributed by atoms with Crippen LogP contribution in [0.3, 0.4) is 0 Å². The SMILES string of the molecule is Cc1cnc(N2CCC(c3ccc(O)cc3)CC2)nc1-c1ccccc1F. The van der Waals surface area contributed by atoms with Gasteiger partial charge in [0.05, 0.1) is 5.69 Å². The first-order valence-electron chi connectivity index (χ1n) is 9.24. The largest absolute Gasteiger partial charge is 0.508 e. The zero-order valence-electron chi connectivity index (χ0n) is 15.3. The minimum atomic E-state index is -0.267. The maximum absolute atomic E-state index is 14.2. The summed E-state index contributed by atoms with van der Waals surface area (Å²) in [5, 5.41) is 9.46. The summed E-state index contributed by atoms with van der Waals surface area (Å²) in [6.45, 7) is 3.61. The summed E-state index contributed by atoms with van der Waals surface area (Å²) in [7, 11) is 0. The number of halogens is 1. The molecule has 138 valence electrons. The van der Waals surface area contributed by atoms with Gasteiger partial charge in [0, 0.05) is 24.8 Å². The van der Waals surface area contributed by atoms with Crippen LogP contribution in [-0.2, 0) is 0 Å². The molecule has 0 bridgehead atoms. The molecule has 0 unspecified atom stereocenters. The molecule has 3 aromatic rings. The number of hydrogen-bond donors (Lipinski definition) is 1. The van der Waals surface area contributed by atoms with Gasteiger partial charge in [-0.05, 0) is 61.1 Å². The summed E-state index contributed by atoms with van der Waals surface area (Å²) in [5.74, 6) is 1.16. The standard InChI is InChI=1S/C22H22FN3O/c1-15-14-24-22(25-21(15)19-4-2-3-5-20(19)23)26-12-10-17(11-13-26)16-6-8-18(27)9-7-16/h2-9,14,17,27H,10-13H2,1H3. The summed E-state index contributed by atoms with van der Waals surface area (Å²) >= 11 is 0. The lowest BCUT2D eigenvalue weighted by atomic mass is 9.89. The topological polar surface area (TPSA) is 49.2 Å². The molecule has 0 radical (unpaired) electrons. The minimum Gasteiger partial charge on any atom is -0.508 e. The van der Waals surface area contributed by atoms with Crippen molar-refractivity contribution < 1.29 is 9.50 Å². The van der Waals surface area contributed by atoms with Crippen molar-refractivity contribution in [3.63, 3.8) is 0 Å². The van der Waals surface area contributed by atoms with Crippen LogP contribution in [0.1, 0.15) is 29.9 Å². The second-order valence-electron chi connectivity index (χ2n) is 7.03. The van der Waals surface area contributed by atoms with Gasteiger partial charge in [-0.25, -0.2) is 14.4 Å². The lowest BCUT2D eigenvalue weighted by Gasteiger charge is -2.32. The zero-order valence-corrected chi connectivity index (χ0v) is 15.3. The summed E-state index contributed by atoms with van der Waals surface area (Å²) in [5.41, 5.74) is 3.28. The molecule has 0 amide bonds. The van der Waals surface area contributed by atoms with Gasteiger partial charge in [0.15, 0.2) is 0 Å². The molecule has 1 saturated heterocycles. The number of piperidine rings is 1. The van der Waals surface area contributed by atoms with Crippen molar-refractivity contribution in [2.45, 2.75) is 25.7 Å². The molecule has 2 heterocycles. The smallest absolute Gasteiger partial charge is 0.225 e. The van der Waals surface area contributed by atoms with Gasteiger partial charge < -0.3 is 10.0 Å². The molecule has 1 N–H and O–H groups in total. The molecule has 0 spiro atoms. The molecule has 27 heavy (non-hydrogen) atoms. The van der Waals surface area contributed by atoms with Crippen LogP contribution in [0.25, 0.3) is 11.3 Å². The van der Waals surface area contributed by atoms with E-state index in [0.29, 0.717) is 28.9 Å². The Bertz CT molecular complexity index is 935. The van der Waals surface area contributed by atoms with Crippen molar-refractivity contribution in [3.8, 4) is 17.0 Å². The van der Waals surface area contributed by atoms with E-state index >= 15 is 0 Å². The van der Waals surface area contributed by atoms with Crippen molar-refractivity contribution in [3.05, 3.63) is 71.7 Å². The third-order valence-electron chi connectivity index (χ3n) is 5.23. The fourth-order valence-corrected chi connectivity index (χ4v) is 3.67. The number of anilines is 1. The Morgan fingerprint density at radius 2 is 1.74 bits per heavy atom. The van der Waals surface area contributed by atoms with Gasteiger partial charge in [0.2, 0.25) is 5.95 Å². The van der Waals surface area contributed by atoms with E-state index < -0.39 is 0 Å². The molecule has 4 nitrogen and oxygen atoms in total. The highest BCUT2D eigenvalue weighted by atomic mass is 19.1. The molecule has 1 fully saturated rings. The van der Waals surface area contributed by atoms with E-state index in [1.54, 1.807) is 30.5 Å². The Balaban J connectivity index is 1.53. The minimum absolute atomic E-state index is 0.267. The van der Waals surface area contributed by atoms with Crippen LogP contribution in [0.5, 0.6) is 5.75 Å². The summed E-state index contributed by atoms with van der Waals surface area (Å²) in [6.07, 6.45) is 3.77. The molecule has 0 aliphatic carbocycles. The molecule has 1 aromatic heterocycles. The molecular formula is C22H22FN3O. The molecule has 0 atom stereocenters. The number of hydrogen-bond acceptors (Lipinski definition) is 4. The van der Waals surface area contributed by atoms with Gasteiger partial charge >= 0.3 is 0 Å². The first-order chi connectivity index (χ1) is 13.1. The monoisotopic (exact) mass is 363 g/mol. The molecule has 0 saturated carbocycles. The molecule has 4 rings (SSSR count). The number of phenolic OH excluding ortho intramolecular Hbond substituents is 1. The number of rotatable bonds is 3. The Kier molecular flexibility index (Phi) is 4.75. The third-order valence-corrected chi connectivity index (χ3v) is 5.23. The quantitative estimate of drug-likeness (QED) is 0.734. The van der Waals surface area contributed by atoms with Crippen LogP contribution >= 0.6 is 0 Å². The number of phenols is 1. The molecule has 1 aliphatic heterocycles. The van der Waals surface area contributed by atoms with E-state index in [1.165, 1.54) is 11.6 Å². The third kappa shape index (κ3) is 3.63. The first-order valence-corrected chi connectivity index (χ1v) is 9.24. The number of aryl methyl sites for hydroxylation is 1. The molecular weight excluding hydrogens is 341 g/mol. The van der Waals surface area contributed by atoms with Crippen LogP contribution < -0.4 is 4.90 Å². The Hall–Kier alpha value is -2.95. The Morgan fingerprint density at radius 1 is 1.04 bits per heavy atom. The molecule has 1 aliphatic rings. The van der Waals surface area contributed by atoms with Crippen molar-refractivity contribution in [1.29, 1.82) is 0 Å².